The predicted octanol–water partition coefficient (Wildman–Crippen LogP) is 3.81. The Morgan fingerprint density at radius 2 is 1.26 bits per heavy atom. The summed E-state index contributed by atoms with van der Waals surface area (Å²) in [4.78, 5) is 75.0. The Labute approximate surface area is 311 Å². The number of hydrogen-bond donors (Lipinski definition) is 4. The molecule has 4 aromatic rings. The maximum absolute atomic E-state index is 13.4. The number of ether oxygens (including phenoxy) is 5. The molecule has 17 heteroatoms. The first-order chi connectivity index (χ1) is 26.0. The minimum Gasteiger partial charge on any atom is -0.461 e. The van der Waals surface area contributed by atoms with Gasteiger partial charge in [-0.25, -0.2) is 24.2 Å². The Morgan fingerprint density at radius 3 is 1.72 bits per heavy atom. The highest BCUT2D eigenvalue weighted by Gasteiger charge is 2.31. The molecule has 0 aliphatic heterocycles. The van der Waals surface area contributed by atoms with E-state index in [0.29, 0.717) is 12.8 Å². The summed E-state index contributed by atoms with van der Waals surface area (Å²) in [6.45, 7) is 6.18. The molecule has 0 aliphatic carbocycles. The van der Waals surface area contributed by atoms with Crippen LogP contribution in [-0.4, -0.2) is 75.0 Å². The van der Waals surface area contributed by atoms with Crippen molar-refractivity contribution in [2.75, 3.05) is 18.9 Å². The molecule has 4 rings (SSSR count). The van der Waals surface area contributed by atoms with Crippen LogP contribution in [0.15, 0.2) is 71.8 Å². The van der Waals surface area contributed by atoms with Crippen LogP contribution in [0.5, 0.6) is 0 Å². The quantitative estimate of drug-likeness (QED) is 0.0791. The number of nitrogens with one attached hydrogen (secondary N) is 3. The molecule has 0 saturated heterocycles. The number of amides is 2. The van der Waals surface area contributed by atoms with Crippen molar-refractivity contribution in [2.45, 2.75) is 78.7 Å². The van der Waals surface area contributed by atoms with Crippen LogP contribution in [-0.2, 0) is 53.2 Å². The lowest BCUT2D eigenvalue weighted by Gasteiger charge is -2.25. The summed E-state index contributed by atoms with van der Waals surface area (Å²) in [6, 6.07) is 16.0. The molecule has 0 unspecified atom stereocenters. The third-order valence-corrected chi connectivity index (χ3v) is 8.67. The number of nitrogens with two attached hydrogens (primary N) is 1. The van der Waals surface area contributed by atoms with Gasteiger partial charge in [0.15, 0.2) is 11.2 Å². The summed E-state index contributed by atoms with van der Waals surface area (Å²) >= 11 is 0. The summed E-state index contributed by atoms with van der Waals surface area (Å²) in [7, 11) is 0. The zero-order valence-corrected chi connectivity index (χ0v) is 30.7. The second-order valence-corrected chi connectivity index (χ2v) is 12.7. The van der Waals surface area contributed by atoms with Crippen molar-refractivity contribution in [1.29, 1.82) is 0 Å². The number of rotatable bonds is 19. The minimum absolute atomic E-state index is 0.00276. The average Bonchev–Trinajstić information content (AvgIpc) is 3.59. The molecule has 4 atom stereocenters. The van der Waals surface area contributed by atoms with Crippen LogP contribution >= 0.6 is 0 Å². The van der Waals surface area contributed by atoms with E-state index in [4.69, 9.17) is 29.4 Å². The number of nitrogens with zero attached hydrogens (tertiary/aromatic N) is 3. The zero-order valence-electron chi connectivity index (χ0n) is 30.7. The molecule has 0 fully saturated rings. The average molecular weight is 750 g/mol. The molecule has 54 heavy (non-hydrogen) atoms. The molecule has 0 bridgehead atoms. The van der Waals surface area contributed by atoms with Gasteiger partial charge in [-0.05, 0) is 23.0 Å². The topological polar surface area (TPSA) is 228 Å². The van der Waals surface area contributed by atoms with Gasteiger partial charge in [-0.3, -0.25) is 14.3 Å². The van der Waals surface area contributed by atoms with Crippen molar-refractivity contribution in [3.8, 4) is 0 Å². The number of carbonyl (C=O) groups is 4. The van der Waals surface area contributed by atoms with Crippen LogP contribution in [0, 0.1) is 11.8 Å². The molecule has 0 saturated carbocycles. The van der Waals surface area contributed by atoms with Gasteiger partial charge >= 0.3 is 24.1 Å². The SMILES string of the molecule is CC[C@H](C)[C@H](NC(=O)OCc1ccccc1)C(=O)OCC(COC(=O)[C@@H](NC(=O)OCc1ccccc1)[C@@H](C)CC)OCn1cnc2c(=O)[nH]c(N)nc21. The first-order valence-electron chi connectivity index (χ1n) is 17.6. The Morgan fingerprint density at radius 1 is 0.778 bits per heavy atom. The molecular weight excluding hydrogens is 702 g/mol. The van der Waals surface area contributed by atoms with E-state index in [1.54, 1.807) is 38.1 Å². The number of anilines is 1. The zero-order chi connectivity index (χ0) is 39.0. The van der Waals surface area contributed by atoms with E-state index in [0.717, 1.165) is 11.1 Å². The molecule has 0 spiro atoms. The van der Waals surface area contributed by atoms with Gasteiger partial charge in [0.05, 0.1) is 6.33 Å². The molecule has 2 amide bonds. The molecular formula is C37H47N7O10. The Kier molecular flexibility index (Phi) is 15.3. The van der Waals surface area contributed by atoms with Gasteiger partial charge in [-0.2, -0.15) is 4.98 Å². The van der Waals surface area contributed by atoms with Crippen LogP contribution in [0.1, 0.15) is 51.7 Å². The number of alkyl carbamates (subject to hydrolysis) is 2. The summed E-state index contributed by atoms with van der Waals surface area (Å²) in [5, 5.41) is 5.18. The van der Waals surface area contributed by atoms with E-state index in [1.165, 1.54) is 10.9 Å². The monoisotopic (exact) mass is 749 g/mol. The van der Waals surface area contributed by atoms with Crippen molar-refractivity contribution in [3.05, 3.63) is 88.5 Å². The number of aromatic amines is 1. The van der Waals surface area contributed by atoms with Crippen LogP contribution in [0.4, 0.5) is 15.5 Å². The maximum Gasteiger partial charge on any atom is 0.408 e. The van der Waals surface area contributed by atoms with Crippen LogP contribution in [0.25, 0.3) is 11.2 Å². The smallest absolute Gasteiger partial charge is 0.408 e. The van der Waals surface area contributed by atoms with Crippen molar-refractivity contribution in [3.63, 3.8) is 0 Å². The van der Waals surface area contributed by atoms with Gasteiger partial charge in [0.2, 0.25) is 5.95 Å². The minimum atomic E-state index is -1.07. The first-order valence-corrected chi connectivity index (χ1v) is 17.6. The number of aromatic nitrogens is 4. The van der Waals surface area contributed by atoms with Crippen LogP contribution in [0.3, 0.4) is 0 Å². The van der Waals surface area contributed by atoms with Crippen LogP contribution in [0.2, 0.25) is 0 Å². The van der Waals surface area contributed by atoms with E-state index < -0.39 is 61.1 Å². The number of carbonyl (C=O) groups excluding carboxylic acids is 4. The molecule has 2 aromatic carbocycles. The molecule has 290 valence electrons. The Hall–Kier alpha value is -5.97. The highest BCUT2D eigenvalue weighted by Crippen LogP contribution is 2.15. The third kappa shape index (κ3) is 12.0. The second-order valence-electron chi connectivity index (χ2n) is 12.7. The fourth-order valence-electron chi connectivity index (χ4n) is 5.05. The maximum atomic E-state index is 13.4. The molecule has 0 aliphatic rings. The summed E-state index contributed by atoms with van der Waals surface area (Å²) in [5.41, 5.74) is 6.87. The number of H-pyrrole nitrogens is 1. The van der Waals surface area contributed by atoms with E-state index in [9.17, 15) is 24.0 Å². The number of hydrogen-bond acceptors (Lipinski definition) is 13. The molecule has 2 aromatic heterocycles. The lowest BCUT2D eigenvalue weighted by atomic mass is 9.99. The van der Waals surface area contributed by atoms with Gasteiger partial charge < -0.3 is 40.1 Å². The van der Waals surface area contributed by atoms with E-state index in [2.05, 4.69) is 25.6 Å². The van der Waals surface area contributed by atoms with Gasteiger partial charge in [-0.1, -0.05) is 101 Å². The van der Waals surface area contributed by atoms with E-state index >= 15 is 0 Å². The molecule has 17 nitrogen and oxygen atoms in total. The van der Waals surface area contributed by atoms with Crippen molar-refractivity contribution in [2.24, 2.45) is 11.8 Å². The highest BCUT2D eigenvalue weighted by molar-refractivity contribution is 5.82. The van der Waals surface area contributed by atoms with Crippen molar-refractivity contribution in [1.82, 2.24) is 30.2 Å². The fraction of sp³-hybridized carbons (Fsp3) is 0.432. The standard InChI is InChI=1S/C37H47N7O10/c1-5-23(3)28(40-36(48)52-17-25-13-9-7-10-14-25)33(46)50-19-27(54-22-44-21-39-30-31(44)42-35(38)43-32(30)45)20-51-34(47)29(24(4)6-2)41-37(49)53-18-26-15-11-8-12-16-26/h7-16,21,23-24,27-29H,5-6,17-20,22H2,1-4H3,(H,40,48)(H,41,49)(H3,38,42,43,45)/t23-,24-,28-,29-/m0/s1. The van der Waals surface area contributed by atoms with E-state index in [1.807, 2.05) is 50.2 Å². The normalized spacial score (nSPS) is 13.4. The predicted molar refractivity (Wildman–Crippen MR) is 195 cm³/mol. The van der Waals surface area contributed by atoms with Gasteiger partial charge in [0.25, 0.3) is 5.56 Å². The third-order valence-electron chi connectivity index (χ3n) is 8.67. The molecule has 2 heterocycles. The summed E-state index contributed by atoms with van der Waals surface area (Å²) < 4.78 is 29.3. The van der Waals surface area contributed by atoms with Crippen molar-refractivity contribution < 1.29 is 42.9 Å². The molecule has 0 radical (unpaired) electrons. The summed E-state index contributed by atoms with van der Waals surface area (Å²) in [6.07, 6.45) is -0.312. The summed E-state index contributed by atoms with van der Waals surface area (Å²) in [5.74, 6) is -2.35. The van der Waals surface area contributed by atoms with Gasteiger partial charge in [-0.15, -0.1) is 0 Å². The van der Waals surface area contributed by atoms with Gasteiger partial charge in [0.1, 0.15) is 51.3 Å². The lowest BCUT2D eigenvalue weighted by molar-refractivity contribution is -0.161. The molecule has 5 N–H and O–H groups in total. The van der Waals surface area contributed by atoms with E-state index in [-0.39, 0.29) is 48.9 Å². The second kappa shape index (κ2) is 20.3. The lowest BCUT2D eigenvalue weighted by Crippen LogP contribution is -2.48. The van der Waals surface area contributed by atoms with Crippen molar-refractivity contribution >= 4 is 41.2 Å². The number of benzene rings is 2. The Balaban J connectivity index is 1.44. The number of imidazole rings is 1. The first kappa shape index (κ1) is 40.8. The number of fused-ring (bicyclic) bond motifs is 1. The van der Waals surface area contributed by atoms with Gasteiger partial charge in [0, 0.05) is 0 Å². The number of esters is 2. The van der Waals surface area contributed by atoms with Crippen LogP contribution < -0.4 is 21.9 Å². The fourth-order valence-corrected chi connectivity index (χ4v) is 5.05. The number of nitrogen functional groups attached to an aromatic ring is 1. The highest BCUT2D eigenvalue weighted by atomic mass is 16.6. The Bertz CT molecular complexity index is 1800. The largest absolute Gasteiger partial charge is 0.461 e.